The van der Waals surface area contributed by atoms with Crippen LogP contribution in [0.5, 0.6) is 0 Å². The molecule has 0 unspecified atom stereocenters. The van der Waals surface area contributed by atoms with Crippen molar-refractivity contribution in [3.05, 3.63) is 29.3 Å². The van der Waals surface area contributed by atoms with Crippen molar-refractivity contribution in [2.75, 3.05) is 0 Å². The fourth-order valence-electron chi connectivity index (χ4n) is 1.03. The number of hydrogen-bond donors (Lipinski definition) is 1. The molecule has 1 aromatic rings. The molecule has 0 bridgehead atoms. The van der Waals surface area contributed by atoms with Crippen molar-refractivity contribution in [3.8, 4) is 12.3 Å². The lowest BCUT2D eigenvalue weighted by atomic mass is 10.1. The van der Waals surface area contributed by atoms with Gasteiger partial charge in [0.2, 0.25) is 0 Å². The zero-order valence-corrected chi connectivity index (χ0v) is 8.52. The number of carboxylic acids is 1. The second-order valence-corrected chi connectivity index (χ2v) is 3.84. The first-order valence-corrected chi connectivity index (χ1v) is 4.75. The molecule has 0 atom stereocenters. The van der Waals surface area contributed by atoms with Crippen molar-refractivity contribution < 1.29 is 23.1 Å². The van der Waals surface area contributed by atoms with Gasteiger partial charge in [-0.2, -0.15) is 13.2 Å². The van der Waals surface area contributed by atoms with Crippen molar-refractivity contribution in [1.29, 1.82) is 0 Å². The number of thioether (sulfide) groups is 1. The summed E-state index contributed by atoms with van der Waals surface area (Å²) in [7, 11) is 0. The quantitative estimate of drug-likeness (QED) is 0.644. The Morgan fingerprint density at radius 1 is 1.44 bits per heavy atom. The van der Waals surface area contributed by atoms with Crippen molar-refractivity contribution in [3.63, 3.8) is 0 Å². The third-order valence-corrected chi connectivity index (χ3v) is 2.33. The Bertz CT molecular complexity index is 460. The van der Waals surface area contributed by atoms with Crippen molar-refractivity contribution in [1.82, 2.24) is 0 Å². The summed E-state index contributed by atoms with van der Waals surface area (Å²) >= 11 is -0.338. The molecule has 0 saturated heterocycles. The van der Waals surface area contributed by atoms with Crippen molar-refractivity contribution in [2.24, 2.45) is 0 Å². The number of halogens is 3. The predicted octanol–water partition coefficient (Wildman–Crippen LogP) is 2.98. The van der Waals surface area contributed by atoms with E-state index < -0.39 is 11.5 Å². The Morgan fingerprint density at radius 3 is 2.50 bits per heavy atom. The van der Waals surface area contributed by atoms with E-state index in [4.69, 9.17) is 11.5 Å². The van der Waals surface area contributed by atoms with Crippen LogP contribution in [-0.2, 0) is 0 Å². The van der Waals surface area contributed by atoms with Gasteiger partial charge in [-0.05, 0) is 30.0 Å². The lowest BCUT2D eigenvalue weighted by Gasteiger charge is -2.07. The SMILES string of the molecule is C#Cc1cc(SC(F)(F)F)ccc1C(=O)O. The molecule has 0 aliphatic rings. The average Bonchev–Trinajstić information content (AvgIpc) is 2.14. The van der Waals surface area contributed by atoms with E-state index in [0.717, 1.165) is 18.2 Å². The van der Waals surface area contributed by atoms with Gasteiger partial charge in [-0.1, -0.05) is 5.92 Å². The number of carboxylic acid groups (broad SMARTS) is 1. The van der Waals surface area contributed by atoms with Gasteiger partial charge >= 0.3 is 11.5 Å². The highest BCUT2D eigenvalue weighted by molar-refractivity contribution is 8.00. The molecule has 0 radical (unpaired) electrons. The lowest BCUT2D eigenvalue weighted by Crippen LogP contribution is -2.02. The van der Waals surface area contributed by atoms with Crippen LogP contribution >= 0.6 is 11.8 Å². The summed E-state index contributed by atoms with van der Waals surface area (Å²) in [6.07, 6.45) is 5.02. The minimum absolute atomic E-state index is 0.0678. The van der Waals surface area contributed by atoms with Crippen LogP contribution in [-0.4, -0.2) is 16.6 Å². The molecule has 1 aromatic carbocycles. The summed E-state index contributed by atoms with van der Waals surface area (Å²) < 4.78 is 36.1. The zero-order valence-electron chi connectivity index (χ0n) is 7.71. The Morgan fingerprint density at radius 2 is 2.06 bits per heavy atom. The molecule has 16 heavy (non-hydrogen) atoms. The number of carbonyl (C=O) groups is 1. The monoisotopic (exact) mass is 246 g/mol. The zero-order chi connectivity index (χ0) is 12.3. The van der Waals surface area contributed by atoms with Gasteiger partial charge in [-0.3, -0.25) is 0 Å². The molecule has 1 N–H and O–H groups in total. The maximum atomic E-state index is 12.0. The molecular formula is C10H5F3O2S. The fraction of sp³-hybridized carbons (Fsp3) is 0.100. The number of terminal acetylenes is 1. The number of benzene rings is 1. The third-order valence-electron chi connectivity index (χ3n) is 1.61. The van der Waals surface area contributed by atoms with Crippen LogP contribution < -0.4 is 0 Å². The predicted molar refractivity (Wildman–Crippen MR) is 53.2 cm³/mol. The molecule has 0 heterocycles. The Balaban J connectivity index is 3.11. The molecule has 0 amide bonds. The van der Waals surface area contributed by atoms with Crippen LogP contribution in [0.3, 0.4) is 0 Å². The highest BCUT2D eigenvalue weighted by Crippen LogP contribution is 2.37. The molecule has 0 aliphatic heterocycles. The highest BCUT2D eigenvalue weighted by Gasteiger charge is 2.29. The number of hydrogen-bond acceptors (Lipinski definition) is 2. The first-order chi connectivity index (χ1) is 7.33. The Kier molecular flexibility index (Phi) is 3.50. The van der Waals surface area contributed by atoms with E-state index in [-0.39, 0.29) is 27.8 Å². The van der Waals surface area contributed by atoms with E-state index in [2.05, 4.69) is 0 Å². The maximum absolute atomic E-state index is 12.0. The fourth-order valence-corrected chi connectivity index (χ4v) is 1.61. The highest BCUT2D eigenvalue weighted by atomic mass is 32.2. The van der Waals surface area contributed by atoms with Gasteiger partial charge in [0, 0.05) is 10.5 Å². The van der Waals surface area contributed by atoms with E-state index >= 15 is 0 Å². The first kappa shape index (κ1) is 12.5. The second-order valence-electron chi connectivity index (χ2n) is 2.70. The van der Waals surface area contributed by atoms with E-state index in [1.54, 1.807) is 0 Å². The Hall–Kier alpha value is -1.61. The molecule has 6 heteroatoms. The minimum atomic E-state index is -4.42. The maximum Gasteiger partial charge on any atom is 0.446 e. The number of aromatic carboxylic acids is 1. The lowest BCUT2D eigenvalue weighted by molar-refractivity contribution is -0.0328. The summed E-state index contributed by atoms with van der Waals surface area (Å²) in [4.78, 5) is 10.5. The van der Waals surface area contributed by atoms with E-state index in [9.17, 15) is 18.0 Å². The smallest absolute Gasteiger partial charge is 0.446 e. The second kappa shape index (κ2) is 4.49. The van der Waals surface area contributed by atoms with E-state index in [1.165, 1.54) is 0 Å². The van der Waals surface area contributed by atoms with Gasteiger partial charge in [-0.25, -0.2) is 4.79 Å². The Labute approximate surface area is 93.5 Å². The van der Waals surface area contributed by atoms with Crippen molar-refractivity contribution >= 4 is 17.7 Å². The van der Waals surface area contributed by atoms with Crippen LogP contribution in [0, 0.1) is 12.3 Å². The molecule has 84 valence electrons. The van der Waals surface area contributed by atoms with Crippen molar-refractivity contribution in [2.45, 2.75) is 10.4 Å². The van der Waals surface area contributed by atoms with Crippen LogP contribution in [0.4, 0.5) is 13.2 Å². The van der Waals surface area contributed by atoms with Crippen LogP contribution in [0.1, 0.15) is 15.9 Å². The minimum Gasteiger partial charge on any atom is -0.478 e. The van der Waals surface area contributed by atoms with Gasteiger partial charge in [0.1, 0.15) is 0 Å². The molecule has 0 spiro atoms. The van der Waals surface area contributed by atoms with E-state index in [1.807, 2.05) is 5.92 Å². The molecule has 1 rings (SSSR count). The summed E-state index contributed by atoms with van der Waals surface area (Å²) in [6.45, 7) is 0. The van der Waals surface area contributed by atoms with Gasteiger partial charge in [0.05, 0.1) is 5.56 Å². The van der Waals surface area contributed by atoms with Gasteiger partial charge in [0.15, 0.2) is 0 Å². The molecule has 0 saturated carbocycles. The standard InChI is InChI=1S/C10H5F3O2S/c1-2-6-5-7(16-10(11,12)13)3-4-8(6)9(14)15/h1,3-5H,(H,14,15). The van der Waals surface area contributed by atoms with Gasteiger partial charge in [0.25, 0.3) is 0 Å². The molecule has 0 aromatic heterocycles. The topological polar surface area (TPSA) is 37.3 Å². The molecular weight excluding hydrogens is 241 g/mol. The van der Waals surface area contributed by atoms with Gasteiger partial charge in [-0.15, -0.1) is 6.42 Å². The third kappa shape index (κ3) is 3.21. The average molecular weight is 246 g/mol. The van der Waals surface area contributed by atoms with E-state index in [0.29, 0.717) is 0 Å². The summed E-state index contributed by atoms with van der Waals surface area (Å²) in [5.41, 5.74) is -4.67. The normalized spacial score (nSPS) is 10.9. The summed E-state index contributed by atoms with van der Waals surface area (Å²) in [6, 6.07) is 3.16. The molecule has 0 fully saturated rings. The largest absolute Gasteiger partial charge is 0.478 e. The molecule has 0 aliphatic carbocycles. The summed E-state index contributed by atoms with van der Waals surface area (Å²) in [5, 5.41) is 8.70. The van der Waals surface area contributed by atoms with Crippen LogP contribution in [0.15, 0.2) is 23.1 Å². The number of alkyl halides is 3. The first-order valence-electron chi connectivity index (χ1n) is 3.93. The van der Waals surface area contributed by atoms with Crippen LogP contribution in [0.2, 0.25) is 0 Å². The summed E-state index contributed by atoms with van der Waals surface area (Å²) in [5.74, 6) is 0.774. The molecule has 2 nitrogen and oxygen atoms in total. The van der Waals surface area contributed by atoms with Crippen LogP contribution in [0.25, 0.3) is 0 Å². The van der Waals surface area contributed by atoms with Gasteiger partial charge < -0.3 is 5.11 Å². The number of rotatable bonds is 2.